The van der Waals surface area contributed by atoms with E-state index in [9.17, 15) is 27.6 Å². The Morgan fingerprint density at radius 3 is 0.917 bits per heavy atom. The van der Waals surface area contributed by atoms with Crippen LogP contribution >= 0.6 is 0 Å². The van der Waals surface area contributed by atoms with Crippen molar-refractivity contribution >= 4 is 35.6 Å². The smallest absolute Gasteiger partial charge is 0.224 e. The molecule has 0 aliphatic heterocycles. The minimum absolute atomic E-state index is 0.0198. The lowest BCUT2D eigenvalue weighted by molar-refractivity contribution is 0.103. The average molecular weight is 958 g/mol. The summed E-state index contributed by atoms with van der Waals surface area (Å²) in [4.78, 5) is 53.3. The van der Waals surface area contributed by atoms with Crippen LogP contribution < -0.4 is 0 Å². The molecular weight excluding hydrogens is 928 g/mol. The second kappa shape index (κ2) is 20.0. The Hall–Kier alpha value is -10.4. The maximum absolute atomic E-state index is 13.7. The van der Waals surface area contributed by atoms with E-state index in [1.807, 2.05) is 0 Å². The molecule has 0 radical (unpaired) electrons. The fraction of sp³-hybridized carbons (Fsp3) is 0. The standard InChI is InChI=1S/C51H30F3N15O3/c52-37-7-1-4-31(28-37)10-25-43(70)34-13-19-40(20-14-34)67-49(58-61-64-67)46-55-47(50-59-62-65-68(50)41-21-15-35(16-22-41)44(71)26-11-32-5-2-8-38(53)29-32)57-48(56-46)51-60-63-66-69(51)42-23-17-36(18-24-42)45(72)27-12-33-6-3-9-39(54)30-33/h1-30H/b25-10+,26-11+,27-12+. The molecule has 0 aliphatic rings. The van der Waals surface area contributed by atoms with E-state index in [2.05, 4.69) is 46.6 Å². The molecule has 348 valence electrons. The summed E-state index contributed by atoms with van der Waals surface area (Å²) in [6.45, 7) is 0. The van der Waals surface area contributed by atoms with Gasteiger partial charge in [0.1, 0.15) is 17.5 Å². The quantitative estimate of drug-likeness (QED) is 0.0704. The van der Waals surface area contributed by atoms with E-state index in [1.165, 1.54) is 86.9 Å². The lowest BCUT2D eigenvalue weighted by Crippen LogP contribution is -2.10. The van der Waals surface area contributed by atoms with Gasteiger partial charge in [-0.1, -0.05) is 54.6 Å². The molecule has 0 saturated heterocycles. The number of ketones is 3. The van der Waals surface area contributed by atoms with Crippen LogP contribution in [-0.4, -0.2) is 92.9 Å². The van der Waals surface area contributed by atoms with Crippen molar-refractivity contribution in [2.45, 2.75) is 0 Å². The first-order chi connectivity index (χ1) is 35.1. The summed E-state index contributed by atoms with van der Waals surface area (Å²) in [7, 11) is 0. The second-order valence-electron chi connectivity index (χ2n) is 15.4. The van der Waals surface area contributed by atoms with Gasteiger partial charge < -0.3 is 0 Å². The maximum Gasteiger partial charge on any atom is 0.224 e. The van der Waals surface area contributed by atoms with E-state index < -0.39 is 17.5 Å². The molecule has 10 rings (SSSR count). The van der Waals surface area contributed by atoms with Crippen molar-refractivity contribution < 1.29 is 27.6 Å². The summed E-state index contributed by atoms with van der Waals surface area (Å²) >= 11 is 0. The molecule has 18 nitrogen and oxygen atoms in total. The summed E-state index contributed by atoms with van der Waals surface area (Å²) in [5, 5.41) is 36.9. The summed E-state index contributed by atoms with van der Waals surface area (Å²) in [6, 6.07) is 36.7. The Labute approximate surface area is 404 Å². The molecule has 0 bridgehead atoms. The number of benzene rings is 6. The topological polar surface area (TPSA) is 221 Å². The minimum Gasteiger partial charge on any atom is -0.289 e. The fourth-order valence-electron chi connectivity index (χ4n) is 7.11. The first-order valence-corrected chi connectivity index (χ1v) is 21.5. The van der Waals surface area contributed by atoms with Gasteiger partial charge in [-0.05, 0) is 175 Å². The third kappa shape index (κ3) is 10.0. The van der Waals surface area contributed by atoms with Crippen molar-refractivity contribution in [2.24, 2.45) is 0 Å². The van der Waals surface area contributed by atoms with E-state index >= 15 is 0 Å². The Bertz CT molecular complexity index is 3350. The van der Waals surface area contributed by atoms with Gasteiger partial charge in [-0.15, -0.1) is 15.3 Å². The first-order valence-electron chi connectivity index (χ1n) is 21.5. The van der Waals surface area contributed by atoms with Crippen LogP contribution in [0.5, 0.6) is 0 Å². The number of hydrogen-bond acceptors (Lipinski definition) is 15. The lowest BCUT2D eigenvalue weighted by atomic mass is 10.1. The fourth-order valence-corrected chi connectivity index (χ4v) is 7.11. The van der Waals surface area contributed by atoms with Crippen molar-refractivity contribution in [1.29, 1.82) is 0 Å². The van der Waals surface area contributed by atoms with E-state index in [0.717, 1.165) is 0 Å². The first kappa shape index (κ1) is 45.3. The number of aromatic nitrogens is 15. The zero-order chi connectivity index (χ0) is 49.6. The number of allylic oxidation sites excluding steroid dienone is 3. The molecule has 0 atom stereocenters. The van der Waals surface area contributed by atoms with E-state index in [-0.39, 0.29) is 52.3 Å². The van der Waals surface area contributed by atoms with Crippen LogP contribution in [0.2, 0.25) is 0 Å². The molecule has 4 heterocycles. The highest BCUT2D eigenvalue weighted by Crippen LogP contribution is 2.26. The Balaban J connectivity index is 0.989. The third-order valence-electron chi connectivity index (χ3n) is 10.7. The van der Waals surface area contributed by atoms with Gasteiger partial charge in [0.2, 0.25) is 34.9 Å². The van der Waals surface area contributed by atoms with Crippen LogP contribution in [0, 0.1) is 17.5 Å². The number of rotatable bonds is 15. The molecule has 72 heavy (non-hydrogen) atoms. The highest BCUT2D eigenvalue weighted by molar-refractivity contribution is 6.08. The average Bonchev–Trinajstić information content (AvgIpc) is 4.22. The minimum atomic E-state index is -0.427. The van der Waals surface area contributed by atoms with Crippen LogP contribution in [0.25, 0.3) is 70.2 Å². The van der Waals surface area contributed by atoms with Gasteiger partial charge in [-0.25, -0.2) is 28.1 Å². The zero-order valence-electron chi connectivity index (χ0n) is 36.9. The number of hydrogen-bond donors (Lipinski definition) is 0. The van der Waals surface area contributed by atoms with Gasteiger partial charge in [0.05, 0.1) is 17.1 Å². The molecule has 0 spiro atoms. The van der Waals surface area contributed by atoms with E-state index in [4.69, 9.17) is 15.0 Å². The van der Waals surface area contributed by atoms with E-state index in [1.54, 1.807) is 109 Å². The maximum atomic E-state index is 13.7. The Morgan fingerprint density at radius 2 is 0.653 bits per heavy atom. The highest BCUT2D eigenvalue weighted by atomic mass is 19.1. The van der Waals surface area contributed by atoms with E-state index in [0.29, 0.717) is 50.4 Å². The predicted octanol–water partition coefficient (Wildman–Crippen LogP) is 7.91. The number of nitrogens with zero attached hydrogens (tertiary/aromatic N) is 15. The number of tetrazole rings is 3. The molecular formula is C51H30F3N15O3. The highest BCUT2D eigenvalue weighted by Gasteiger charge is 2.25. The monoisotopic (exact) mass is 957 g/mol. The van der Waals surface area contributed by atoms with Gasteiger partial charge in [-0.2, -0.15) is 14.0 Å². The molecule has 0 N–H and O–H groups in total. The van der Waals surface area contributed by atoms with Crippen molar-refractivity contribution in [3.8, 4) is 52.0 Å². The second-order valence-corrected chi connectivity index (χ2v) is 15.4. The van der Waals surface area contributed by atoms with Gasteiger partial charge in [0, 0.05) is 16.7 Å². The zero-order valence-corrected chi connectivity index (χ0v) is 36.9. The normalized spacial score (nSPS) is 11.5. The Morgan fingerprint density at radius 1 is 0.375 bits per heavy atom. The van der Waals surface area contributed by atoms with Gasteiger partial charge in [0.15, 0.2) is 17.3 Å². The number of halogens is 3. The summed E-state index contributed by atoms with van der Waals surface area (Å²) in [6.07, 6.45) is 8.56. The molecule has 10 aromatic rings. The molecule has 0 fully saturated rings. The lowest BCUT2D eigenvalue weighted by Gasteiger charge is -2.09. The number of carbonyl (C=O) groups is 3. The summed E-state index contributed by atoms with van der Waals surface area (Å²) < 4.78 is 45.1. The summed E-state index contributed by atoms with van der Waals surface area (Å²) in [5.41, 5.74) is 3.81. The van der Waals surface area contributed by atoms with Crippen molar-refractivity contribution in [2.75, 3.05) is 0 Å². The molecule has 6 aromatic carbocycles. The number of carbonyl (C=O) groups excluding carboxylic acids is 3. The van der Waals surface area contributed by atoms with Crippen LogP contribution in [0.15, 0.2) is 164 Å². The SMILES string of the molecule is O=C(/C=C/c1cccc(F)c1)c1ccc(-n2nnnc2-c2nc(-c3nnnn3-c3ccc(C(=O)/C=C/c4cccc(F)c4)cc3)nc(-c3nnnn3-c3ccc(C(=O)/C=C/c4cccc(F)c4)cc3)n2)cc1. The summed E-state index contributed by atoms with van der Waals surface area (Å²) in [5.74, 6) is -2.47. The molecule has 0 saturated carbocycles. The molecule has 21 heteroatoms. The van der Waals surface area contributed by atoms with Crippen molar-refractivity contribution in [1.82, 2.24) is 75.6 Å². The largest absolute Gasteiger partial charge is 0.289 e. The van der Waals surface area contributed by atoms with Crippen molar-refractivity contribution in [3.05, 3.63) is 215 Å². The van der Waals surface area contributed by atoms with Gasteiger partial charge >= 0.3 is 0 Å². The third-order valence-corrected chi connectivity index (χ3v) is 10.7. The van der Waals surface area contributed by atoms with Crippen molar-refractivity contribution in [3.63, 3.8) is 0 Å². The Kier molecular flexibility index (Phi) is 12.6. The van der Waals surface area contributed by atoms with Crippen LogP contribution in [0.4, 0.5) is 13.2 Å². The molecule has 0 amide bonds. The van der Waals surface area contributed by atoms with Crippen LogP contribution in [0.3, 0.4) is 0 Å². The van der Waals surface area contributed by atoms with Crippen LogP contribution in [0.1, 0.15) is 47.8 Å². The van der Waals surface area contributed by atoms with Gasteiger partial charge in [0.25, 0.3) is 0 Å². The predicted molar refractivity (Wildman–Crippen MR) is 254 cm³/mol. The molecule has 4 aromatic heterocycles. The molecule has 0 aliphatic carbocycles. The molecule has 0 unspecified atom stereocenters. The van der Waals surface area contributed by atoms with Crippen LogP contribution in [-0.2, 0) is 0 Å². The van der Waals surface area contributed by atoms with Gasteiger partial charge in [-0.3, -0.25) is 14.4 Å².